The van der Waals surface area contributed by atoms with Crippen molar-refractivity contribution in [1.82, 2.24) is 4.72 Å². The molecule has 5 nitrogen and oxygen atoms in total. The number of benzene rings is 3. The molecule has 0 unspecified atom stereocenters. The lowest BCUT2D eigenvalue weighted by Gasteiger charge is -2.09. The second-order valence-corrected chi connectivity index (χ2v) is 9.91. The molecule has 3 aromatic rings. The van der Waals surface area contributed by atoms with Crippen LogP contribution in [0.15, 0.2) is 88.7 Å². The molecule has 0 aromatic heterocycles. The molecule has 3 aromatic carbocycles. The highest BCUT2D eigenvalue weighted by atomic mass is 32.2. The van der Waals surface area contributed by atoms with Crippen LogP contribution in [0.4, 0.5) is 0 Å². The molecule has 0 radical (unpaired) electrons. The van der Waals surface area contributed by atoms with E-state index in [4.69, 9.17) is 0 Å². The highest BCUT2D eigenvalue weighted by Crippen LogP contribution is 2.21. The molecule has 0 spiro atoms. The first-order valence-corrected chi connectivity index (χ1v) is 11.6. The lowest BCUT2D eigenvalue weighted by atomic mass is 10.1. The van der Waals surface area contributed by atoms with Crippen molar-refractivity contribution in [3.05, 3.63) is 84.4 Å². The summed E-state index contributed by atoms with van der Waals surface area (Å²) < 4.78 is 50.4. The van der Waals surface area contributed by atoms with Crippen molar-refractivity contribution in [2.24, 2.45) is 0 Å². The van der Waals surface area contributed by atoms with E-state index in [2.05, 4.69) is 4.72 Å². The number of sulfonamides is 1. The van der Waals surface area contributed by atoms with Crippen LogP contribution in [0, 0.1) is 0 Å². The van der Waals surface area contributed by atoms with E-state index in [9.17, 15) is 16.8 Å². The van der Waals surface area contributed by atoms with Gasteiger partial charge in [0.2, 0.25) is 10.0 Å². The molecule has 0 heterocycles. The van der Waals surface area contributed by atoms with E-state index in [0.717, 1.165) is 17.4 Å². The quantitative estimate of drug-likeness (QED) is 0.688. The van der Waals surface area contributed by atoms with Gasteiger partial charge in [-0.15, -0.1) is 0 Å². The molecule has 0 bridgehead atoms. The smallest absolute Gasteiger partial charge is 0.224 e. The molecule has 3 rings (SSSR count). The van der Waals surface area contributed by atoms with Gasteiger partial charge in [-0.2, -0.15) is 0 Å². The summed E-state index contributed by atoms with van der Waals surface area (Å²) in [5.41, 5.74) is 2.62. The van der Waals surface area contributed by atoms with Crippen molar-refractivity contribution in [3.63, 3.8) is 0 Å². The Morgan fingerprint density at radius 2 is 1.19 bits per heavy atom. The highest BCUT2D eigenvalue weighted by molar-refractivity contribution is 7.90. The van der Waals surface area contributed by atoms with E-state index >= 15 is 0 Å². The van der Waals surface area contributed by atoms with Crippen LogP contribution in [-0.4, -0.2) is 23.1 Å². The van der Waals surface area contributed by atoms with Gasteiger partial charge in [-0.1, -0.05) is 54.6 Å². The van der Waals surface area contributed by atoms with E-state index in [-0.39, 0.29) is 16.3 Å². The molecule has 0 saturated carbocycles. The summed E-state index contributed by atoms with van der Waals surface area (Å²) in [6.07, 6.45) is 1.13. The summed E-state index contributed by atoms with van der Waals surface area (Å²) in [6.45, 7) is 0.0762. The van der Waals surface area contributed by atoms with Gasteiger partial charge in [-0.25, -0.2) is 21.6 Å². The van der Waals surface area contributed by atoms with Gasteiger partial charge in [-0.05, 0) is 41.0 Å². The third kappa shape index (κ3) is 4.82. The van der Waals surface area contributed by atoms with Crippen LogP contribution in [0.25, 0.3) is 11.1 Å². The standard InChI is InChI=1S/C20H19NO4S2/c1-26(22,23)19-11-7-16(8-12-19)15-21-27(24,25)20-13-9-18(10-14-20)17-5-3-2-4-6-17/h2-14,21H,15H2,1H3. The predicted molar refractivity (Wildman–Crippen MR) is 105 cm³/mol. The monoisotopic (exact) mass is 401 g/mol. The van der Waals surface area contributed by atoms with Crippen molar-refractivity contribution in [2.45, 2.75) is 16.3 Å². The van der Waals surface area contributed by atoms with Crippen LogP contribution < -0.4 is 4.72 Å². The fourth-order valence-corrected chi connectivity index (χ4v) is 4.22. The Bertz CT molecular complexity index is 1120. The van der Waals surface area contributed by atoms with E-state index in [1.165, 1.54) is 12.1 Å². The first kappa shape index (κ1) is 19.3. The number of hydrogen-bond acceptors (Lipinski definition) is 4. The van der Waals surface area contributed by atoms with Crippen molar-refractivity contribution in [1.29, 1.82) is 0 Å². The Labute approximate surface area is 159 Å². The van der Waals surface area contributed by atoms with Crippen molar-refractivity contribution < 1.29 is 16.8 Å². The molecule has 0 saturated heterocycles. The maximum Gasteiger partial charge on any atom is 0.240 e. The molecule has 7 heteroatoms. The maximum atomic E-state index is 12.5. The summed E-state index contributed by atoms with van der Waals surface area (Å²) in [5, 5.41) is 0. The predicted octanol–water partition coefficient (Wildman–Crippen LogP) is 3.24. The van der Waals surface area contributed by atoms with Crippen LogP contribution in [0.5, 0.6) is 0 Å². The number of hydrogen-bond donors (Lipinski definition) is 1. The van der Waals surface area contributed by atoms with Crippen molar-refractivity contribution in [3.8, 4) is 11.1 Å². The first-order valence-electron chi connectivity index (χ1n) is 8.20. The van der Waals surface area contributed by atoms with E-state index in [0.29, 0.717) is 5.56 Å². The zero-order chi connectivity index (χ0) is 19.5. The summed E-state index contributed by atoms with van der Waals surface area (Å²) in [5.74, 6) is 0. The first-order chi connectivity index (χ1) is 12.8. The van der Waals surface area contributed by atoms with Crippen LogP contribution in [-0.2, 0) is 26.4 Å². The minimum Gasteiger partial charge on any atom is -0.224 e. The summed E-state index contributed by atoms with van der Waals surface area (Å²) >= 11 is 0. The number of sulfone groups is 1. The maximum absolute atomic E-state index is 12.5. The average molecular weight is 402 g/mol. The summed E-state index contributed by atoms with van der Waals surface area (Å²) in [7, 11) is -6.94. The molecule has 0 atom stereocenters. The molecular weight excluding hydrogens is 382 g/mol. The van der Waals surface area contributed by atoms with Gasteiger partial charge in [0.25, 0.3) is 0 Å². The second-order valence-electron chi connectivity index (χ2n) is 6.13. The minimum absolute atomic E-state index is 0.0762. The number of nitrogens with one attached hydrogen (secondary N) is 1. The largest absolute Gasteiger partial charge is 0.240 e. The zero-order valence-corrected chi connectivity index (χ0v) is 16.3. The minimum atomic E-state index is -3.66. The normalized spacial score (nSPS) is 12.0. The SMILES string of the molecule is CS(=O)(=O)c1ccc(CNS(=O)(=O)c2ccc(-c3ccccc3)cc2)cc1. The van der Waals surface area contributed by atoms with Crippen molar-refractivity contribution >= 4 is 19.9 Å². The Hall–Kier alpha value is -2.48. The molecule has 0 amide bonds. The fraction of sp³-hybridized carbons (Fsp3) is 0.100. The Kier molecular flexibility index (Phi) is 5.46. The molecule has 0 aliphatic carbocycles. The topological polar surface area (TPSA) is 80.3 Å². The average Bonchev–Trinajstić information content (AvgIpc) is 2.67. The van der Waals surface area contributed by atoms with Gasteiger partial charge in [0.15, 0.2) is 9.84 Å². The van der Waals surface area contributed by atoms with Gasteiger partial charge in [0.1, 0.15) is 0 Å². The van der Waals surface area contributed by atoms with Gasteiger partial charge in [0.05, 0.1) is 9.79 Å². The van der Waals surface area contributed by atoms with E-state index in [1.54, 1.807) is 36.4 Å². The van der Waals surface area contributed by atoms with Crippen LogP contribution in [0.1, 0.15) is 5.56 Å². The molecule has 0 aliphatic rings. The van der Waals surface area contributed by atoms with Gasteiger partial charge in [0, 0.05) is 12.8 Å². The second kappa shape index (κ2) is 7.64. The lowest BCUT2D eigenvalue weighted by Crippen LogP contribution is -2.23. The van der Waals surface area contributed by atoms with Gasteiger partial charge < -0.3 is 0 Å². The zero-order valence-electron chi connectivity index (χ0n) is 14.7. The fourth-order valence-electron chi connectivity index (χ4n) is 2.57. The molecule has 0 fully saturated rings. The molecule has 27 heavy (non-hydrogen) atoms. The van der Waals surface area contributed by atoms with Gasteiger partial charge >= 0.3 is 0 Å². The van der Waals surface area contributed by atoms with E-state index in [1.807, 2.05) is 30.3 Å². The molecule has 1 N–H and O–H groups in total. The number of rotatable bonds is 6. The van der Waals surface area contributed by atoms with E-state index < -0.39 is 19.9 Å². The van der Waals surface area contributed by atoms with Crippen LogP contribution in [0.2, 0.25) is 0 Å². The lowest BCUT2D eigenvalue weighted by molar-refractivity contribution is 0.581. The molecule has 140 valence electrons. The summed E-state index contributed by atoms with van der Waals surface area (Å²) in [4.78, 5) is 0.376. The summed E-state index contributed by atoms with van der Waals surface area (Å²) in [6, 6.07) is 22.5. The highest BCUT2D eigenvalue weighted by Gasteiger charge is 2.14. The van der Waals surface area contributed by atoms with Crippen molar-refractivity contribution in [2.75, 3.05) is 6.26 Å². The Balaban J connectivity index is 1.71. The Morgan fingerprint density at radius 1 is 0.667 bits per heavy atom. The van der Waals surface area contributed by atoms with Crippen LogP contribution in [0.3, 0.4) is 0 Å². The molecule has 0 aliphatic heterocycles. The third-order valence-electron chi connectivity index (χ3n) is 4.09. The Morgan fingerprint density at radius 3 is 1.74 bits per heavy atom. The third-order valence-corrected chi connectivity index (χ3v) is 6.64. The molecular formula is C20H19NO4S2. The van der Waals surface area contributed by atoms with Crippen LogP contribution >= 0.6 is 0 Å². The van der Waals surface area contributed by atoms with Gasteiger partial charge in [-0.3, -0.25) is 0 Å².